The number of halogens is 3. The maximum Gasteiger partial charge on any atom is 0.160 e. The van der Waals surface area contributed by atoms with E-state index in [2.05, 4.69) is 20.6 Å². The molecule has 1 aliphatic rings. The van der Waals surface area contributed by atoms with Crippen LogP contribution in [-0.4, -0.2) is 28.0 Å². The van der Waals surface area contributed by atoms with Crippen LogP contribution in [0.3, 0.4) is 0 Å². The second kappa shape index (κ2) is 7.09. The topological polar surface area (TPSA) is 62.7 Å². The third kappa shape index (κ3) is 3.32. The van der Waals surface area contributed by atoms with Crippen LogP contribution in [0.2, 0.25) is 5.02 Å². The molecule has 1 atom stereocenters. The van der Waals surface area contributed by atoms with Gasteiger partial charge in [-0.3, -0.25) is 0 Å². The van der Waals surface area contributed by atoms with Crippen LogP contribution in [0.1, 0.15) is 24.5 Å². The minimum absolute atomic E-state index is 0.0305. The van der Waals surface area contributed by atoms with Crippen molar-refractivity contribution in [3.05, 3.63) is 52.9 Å². The molecule has 3 aromatic rings. The smallest absolute Gasteiger partial charge is 0.160 e. The molecule has 0 spiro atoms. The summed E-state index contributed by atoms with van der Waals surface area (Å²) in [6.45, 7) is 1.89. The zero-order chi connectivity index (χ0) is 18.1. The number of nitrogens with zero attached hydrogens (tertiary/aromatic N) is 3. The van der Waals surface area contributed by atoms with Crippen LogP contribution < -0.4 is 10.6 Å². The molecule has 1 fully saturated rings. The molecule has 0 aliphatic carbocycles. The summed E-state index contributed by atoms with van der Waals surface area (Å²) < 4.78 is 27.4. The Morgan fingerprint density at radius 1 is 1.15 bits per heavy atom. The number of anilines is 2. The van der Waals surface area contributed by atoms with Crippen molar-refractivity contribution in [1.82, 2.24) is 20.3 Å². The third-order valence-electron chi connectivity index (χ3n) is 4.48. The summed E-state index contributed by atoms with van der Waals surface area (Å²) in [5.74, 6) is -0.904. The van der Waals surface area contributed by atoms with Crippen molar-refractivity contribution in [3.8, 4) is 0 Å². The van der Waals surface area contributed by atoms with Crippen LogP contribution in [0.5, 0.6) is 0 Å². The van der Waals surface area contributed by atoms with Gasteiger partial charge in [0.15, 0.2) is 5.82 Å². The Bertz CT molecular complexity index is 960. The maximum absolute atomic E-state index is 14.1. The average molecular weight is 376 g/mol. The van der Waals surface area contributed by atoms with Crippen molar-refractivity contribution in [1.29, 1.82) is 0 Å². The fourth-order valence-corrected chi connectivity index (χ4v) is 3.29. The first-order valence-electron chi connectivity index (χ1n) is 8.36. The van der Waals surface area contributed by atoms with Crippen molar-refractivity contribution in [3.63, 3.8) is 0 Å². The van der Waals surface area contributed by atoms with E-state index >= 15 is 0 Å². The van der Waals surface area contributed by atoms with Crippen LogP contribution in [0.25, 0.3) is 11.0 Å². The predicted octanol–water partition coefficient (Wildman–Crippen LogP) is 4.17. The Morgan fingerprint density at radius 3 is 2.85 bits per heavy atom. The molecule has 2 aromatic heterocycles. The lowest BCUT2D eigenvalue weighted by Crippen LogP contribution is -2.28. The Balaban J connectivity index is 1.73. The Hall–Kier alpha value is -2.38. The Kier molecular flexibility index (Phi) is 4.65. The summed E-state index contributed by atoms with van der Waals surface area (Å²) in [5.41, 5.74) is 2.15. The lowest BCUT2D eigenvalue weighted by Gasteiger charge is -2.22. The molecule has 1 saturated heterocycles. The molecule has 2 N–H and O–H groups in total. The van der Waals surface area contributed by atoms with Crippen molar-refractivity contribution < 1.29 is 8.78 Å². The van der Waals surface area contributed by atoms with Gasteiger partial charge in [-0.05, 0) is 37.6 Å². The lowest BCUT2D eigenvalue weighted by molar-refractivity contribution is 0.455. The Morgan fingerprint density at radius 2 is 2.04 bits per heavy atom. The number of nitrogens with one attached hydrogen (secondary N) is 2. The zero-order valence-corrected chi connectivity index (χ0v) is 14.5. The van der Waals surface area contributed by atoms with Gasteiger partial charge < -0.3 is 10.6 Å². The molecule has 1 unspecified atom stereocenters. The summed E-state index contributed by atoms with van der Waals surface area (Å²) >= 11 is 5.76. The molecule has 3 heterocycles. The van der Waals surface area contributed by atoms with Crippen molar-refractivity contribution in [2.75, 3.05) is 18.4 Å². The normalized spacial score (nSPS) is 17.4. The minimum atomic E-state index is -0.813. The van der Waals surface area contributed by atoms with E-state index in [1.54, 1.807) is 0 Å². The number of pyridine rings is 1. The molecule has 1 aromatic carbocycles. The number of rotatable bonds is 3. The van der Waals surface area contributed by atoms with Crippen LogP contribution in [0.15, 0.2) is 30.6 Å². The second-order valence-electron chi connectivity index (χ2n) is 6.24. The first kappa shape index (κ1) is 17.1. The van der Waals surface area contributed by atoms with E-state index in [4.69, 9.17) is 16.6 Å². The van der Waals surface area contributed by atoms with Crippen molar-refractivity contribution in [2.24, 2.45) is 0 Å². The number of benzene rings is 1. The maximum atomic E-state index is 14.1. The second-order valence-corrected chi connectivity index (χ2v) is 6.65. The number of hydrogen-bond donors (Lipinski definition) is 2. The SMILES string of the molecule is Fc1cc(F)c(Nc2ncnc3ccc(C4CCCNC4)nc23)cc1Cl. The van der Waals surface area contributed by atoms with Gasteiger partial charge in [0.05, 0.1) is 16.2 Å². The summed E-state index contributed by atoms with van der Waals surface area (Å²) in [4.78, 5) is 13.1. The van der Waals surface area contributed by atoms with Gasteiger partial charge in [-0.25, -0.2) is 23.7 Å². The summed E-state index contributed by atoms with van der Waals surface area (Å²) in [7, 11) is 0. The summed E-state index contributed by atoms with van der Waals surface area (Å²) in [5, 5.41) is 6.05. The quantitative estimate of drug-likeness (QED) is 0.673. The molecular weight excluding hydrogens is 360 g/mol. The van der Waals surface area contributed by atoms with Gasteiger partial charge in [-0.1, -0.05) is 11.6 Å². The highest BCUT2D eigenvalue weighted by Crippen LogP contribution is 2.29. The highest BCUT2D eigenvalue weighted by atomic mass is 35.5. The van der Waals surface area contributed by atoms with Gasteiger partial charge >= 0.3 is 0 Å². The summed E-state index contributed by atoms with van der Waals surface area (Å²) in [6, 6.07) is 5.77. The molecule has 0 radical (unpaired) electrons. The molecule has 134 valence electrons. The molecule has 0 amide bonds. The van der Waals surface area contributed by atoms with E-state index in [-0.39, 0.29) is 10.7 Å². The number of aromatic nitrogens is 3. The highest BCUT2D eigenvalue weighted by Gasteiger charge is 2.18. The van der Waals surface area contributed by atoms with Gasteiger partial charge in [0.25, 0.3) is 0 Å². The molecule has 8 heteroatoms. The van der Waals surface area contributed by atoms with Gasteiger partial charge in [-0.15, -0.1) is 0 Å². The molecule has 0 bridgehead atoms. The predicted molar refractivity (Wildman–Crippen MR) is 96.8 cm³/mol. The number of hydrogen-bond acceptors (Lipinski definition) is 5. The fraction of sp³-hybridized carbons (Fsp3) is 0.278. The van der Waals surface area contributed by atoms with Gasteiger partial charge in [0, 0.05) is 24.2 Å². The van der Waals surface area contributed by atoms with Crippen molar-refractivity contribution >= 4 is 34.1 Å². The van der Waals surface area contributed by atoms with E-state index in [9.17, 15) is 8.78 Å². The minimum Gasteiger partial charge on any atom is -0.336 e. The largest absolute Gasteiger partial charge is 0.336 e. The average Bonchev–Trinajstić information content (AvgIpc) is 2.67. The van der Waals surface area contributed by atoms with Crippen LogP contribution in [-0.2, 0) is 0 Å². The standard InChI is InChI=1S/C18H16ClF2N5/c19-11-6-16(13(21)7-12(11)20)26-18-17-15(23-9-24-18)4-3-14(25-17)10-2-1-5-22-8-10/h3-4,6-7,9-10,22H,1-2,5,8H2,(H,23,24,26). The van der Waals surface area contributed by atoms with E-state index < -0.39 is 11.6 Å². The molecule has 5 nitrogen and oxygen atoms in total. The van der Waals surface area contributed by atoms with E-state index in [1.165, 1.54) is 12.4 Å². The van der Waals surface area contributed by atoms with E-state index in [1.807, 2.05) is 12.1 Å². The number of piperidine rings is 1. The van der Waals surface area contributed by atoms with Gasteiger partial charge in [0.2, 0.25) is 0 Å². The molecule has 4 rings (SSSR count). The number of fused-ring (bicyclic) bond motifs is 1. The molecular formula is C18H16ClF2N5. The van der Waals surface area contributed by atoms with E-state index in [0.29, 0.717) is 22.8 Å². The highest BCUT2D eigenvalue weighted by molar-refractivity contribution is 6.31. The molecule has 0 saturated carbocycles. The van der Waals surface area contributed by atoms with Gasteiger partial charge in [-0.2, -0.15) is 0 Å². The fourth-order valence-electron chi connectivity index (χ4n) is 3.12. The van der Waals surface area contributed by atoms with E-state index in [0.717, 1.165) is 37.7 Å². The van der Waals surface area contributed by atoms with Crippen molar-refractivity contribution in [2.45, 2.75) is 18.8 Å². The Labute approximate surface area is 153 Å². The first-order valence-corrected chi connectivity index (χ1v) is 8.73. The van der Waals surface area contributed by atoms with Crippen LogP contribution in [0, 0.1) is 11.6 Å². The lowest BCUT2D eigenvalue weighted by atomic mass is 9.95. The summed E-state index contributed by atoms with van der Waals surface area (Å²) in [6.07, 6.45) is 3.53. The van der Waals surface area contributed by atoms with Gasteiger partial charge in [0.1, 0.15) is 23.5 Å². The monoisotopic (exact) mass is 375 g/mol. The first-order chi connectivity index (χ1) is 12.6. The molecule has 1 aliphatic heterocycles. The van der Waals surface area contributed by atoms with Crippen LogP contribution in [0.4, 0.5) is 20.3 Å². The third-order valence-corrected chi connectivity index (χ3v) is 4.77. The van der Waals surface area contributed by atoms with Crippen LogP contribution >= 0.6 is 11.6 Å². The zero-order valence-electron chi connectivity index (χ0n) is 13.8. The molecule has 26 heavy (non-hydrogen) atoms.